The molecule has 3 rings (SSSR count). The van der Waals surface area contributed by atoms with Crippen molar-refractivity contribution in [3.63, 3.8) is 0 Å². The Morgan fingerprint density at radius 1 is 1.27 bits per heavy atom. The molecule has 2 aromatic rings. The molecular weight excluding hydrogens is 352 g/mol. The molecule has 1 aliphatic rings. The summed E-state index contributed by atoms with van der Waals surface area (Å²) in [4.78, 5) is 24.4. The Morgan fingerprint density at radius 2 is 2.08 bits per heavy atom. The number of carbonyl (C=O) groups is 2. The number of rotatable bonds is 6. The lowest BCUT2D eigenvalue weighted by atomic mass is 10.2. The quantitative estimate of drug-likeness (QED) is 0.597. The molecule has 138 valence electrons. The molecule has 0 radical (unpaired) electrons. The van der Waals surface area contributed by atoms with E-state index in [2.05, 4.69) is 15.7 Å². The number of carbonyl (C=O) groups excluding carboxylic acids is 2. The van der Waals surface area contributed by atoms with Crippen LogP contribution in [0.1, 0.15) is 23.2 Å². The van der Waals surface area contributed by atoms with E-state index < -0.39 is 11.8 Å². The molecule has 1 aromatic carbocycles. The minimum atomic E-state index is -0.683. The van der Waals surface area contributed by atoms with Gasteiger partial charge in [0.05, 0.1) is 11.4 Å². The lowest BCUT2D eigenvalue weighted by Crippen LogP contribution is -2.36. The van der Waals surface area contributed by atoms with Crippen molar-refractivity contribution in [2.24, 2.45) is 0 Å². The standard InChI is InChI=1S/C18H22N4O3S/c1-12-6-3-4-7-15(12)22-16(13-10-26-11-14(13)21-22)20-18(24)17(23)19-8-5-9-25-2/h3-4,6-7H,5,8-11H2,1-2H3,(H,19,23)(H,20,24). The smallest absolute Gasteiger partial charge is 0.314 e. The Bertz CT molecular complexity index is 819. The molecule has 2 heterocycles. The van der Waals surface area contributed by atoms with E-state index in [1.807, 2.05) is 31.2 Å². The summed E-state index contributed by atoms with van der Waals surface area (Å²) in [6, 6.07) is 7.83. The lowest BCUT2D eigenvalue weighted by molar-refractivity contribution is -0.136. The molecule has 2 amide bonds. The van der Waals surface area contributed by atoms with Crippen molar-refractivity contribution in [2.45, 2.75) is 24.9 Å². The van der Waals surface area contributed by atoms with Crippen LogP contribution in [0, 0.1) is 6.92 Å². The Hall–Kier alpha value is -2.32. The van der Waals surface area contributed by atoms with Gasteiger partial charge in [0.1, 0.15) is 5.82 Å². The second-order valence-electron chi connectivity index (χ2n) is 6.02. The molecule has 7 nitrogen and oxygen atoms in total. The van der Waals surface area contributed by atoms with E-state index in [4.69, 9.17) is 4.74 Å². The number of methoxy groups -OCH3 is 1. The second-order valence-corrected chi connectivity index (χ2v) is 7.01. The zero-order valence-electron chi connectivity index (χ0n) is 14.9. The number of fused-ring (bicyclic) bond motifs is 1. The lowest BCUT2D eigenvalue weighted by Gasteiger charge is -2.12. The third-order valence-electron chi connectivity index (χ3n) is 4.14. The number of thioether (sulfide) groups is 1. The molecule has 0 fully saturated rings. The molecule has 0 unspecified atom stereocenters. The Kier molecular flexibility index (Phi) is 5.95. The van der Waals surface area contributed by atoms with Crippen LogP contribution in [-0.2, 0) is 25.8 Å². The third-order valence-corrected chi connectivity index (χ3v) is 5.11. The van der Waals surface area contributed by atoms with Crippen LogP contribution in [0.25, 0.3) is 5.69 Å². The largest absolute Gasteiger partial charge is 0.385 e. The molecule has 0 atom stereocenters. The van der Waals surface area contributed by atoms with E-state index in [0.717, 1.165) is 34.0 Å². The predicted octanol–water partition coefficient (Wildman–Crippen LogP) is 2.02. The van der Waals surface area contributed by atoms with Crippen LogP contribution in [0.4, 0.5) is 5.82 Å². The van der Waals surface area contributed by atoms with Gasteiger partial charge in [-0.3, -0.25) is 9.59 Å². The third kappa shape index (κ3) is 3.91. The number of hydrogen-bond donors (Lipinski definition) is 2. The number of aryl methyl sites for hydroxylation is 1. The SMILES string of the molecule is COCCCNC(=O)C(=O)Nc1c2c(nn1-c1ccccc1C)CSC2. The summed E-state index contributed by atoms with van der Waals surface area (Å²) in [7, 11) is 1.60. The molecule has 8 heteroatoms. The molecule has 2 N–H and O–H groups in total. The van der Waals surface area contributed by atoms with E-state index in [9.17, 15) is 9.59 Å². The van der Waals surface area contributed by atoms with Crippen molar-refractivity contribution >= 4 is 29.4 Å². The molecule has 1 aliphatic heterocycles. The van der Waals surface area contributed by atoms with E-state index >= 15 is 0 Å². The average Bonchev–Trinajstić information content (AvgIpc) is 3.21. The number of nitrogens with zero attached hydrogens (tertiary/aromatic N) is 2. The number of amides is 2. The first-order valence-corrected chi connectivity index (χ1v) is 9.60. The summed E-state index contributed by atoms with van der Waals surface area (Å²) < 4.78 is 6.66. The summed E-state index contributed by atoms with van der Waals surface area (Å²) in [6.45, 7) is 2.92. The molecule has 0 saturated heterocycles. The topological polar surface area (TPSA) is 85.2 Å². The Labute approximate surface area is 156 Å². The van der Waals surface area contributed by atoms with Crippen LogP contribution in [0.2, 0.25) is 0 Å². The van der Waals surface area contributed by atoms with Crippen LogP contribution >= 0.6 is 11.8 Å². The maximum atomic E-state index is 12.3. The Morgan fingerprint density at radius 3 is 2.85 bits per heavy atom. The van der Waals surface area contributed by atoms with Crippen LogP contribution < -0.4 is 10.6 Å². The maximum Gasteiger partial charge on any atom is 0.314 e. The summed E-state index contributed by atoms with van der Waals surface area (Å²) in [6.07, 6.45) is 0.655. The van der Waals surface area contributed by atoms with Gasteiger partial charge in [0.25, 0.3) is 0 Å². The highest BCUT2D eigenvalue weighted by Crippen LogP contribution is 2.36. The molecule has 1 aromatic heterocycles. The van der Waals surface area contributed by atoms with Gasteiger partial charge in [-0.1, -0.05) is 18.2 Å². The highest BCUT2D eigenvalue weighted by atomic mass is 32.2. The Balaban J connectivity index is 1.80. The van der Waals surface area contributed by atoms with E-state index in [0.29, 0.717) is 25.4 Å². The molecule has 0 spiro atoms. The van der Waals surface area contributed by atoms with Gasteiger partial charge < -0.3 is 15.4 Å². The number of ether oxygens (including phenoxy) is 1. The van der Waals surface area contributed by atoms with Gasteiger partial charge in [0.2, 0.25) is 0 Å². The molecule has 26 heavy (non-hydrogen) atoms. The van der Waals surface area contributed by atoms with Crippen molar-refractivity contribution in [1.29, 1.82) is 0 Å². The number of hydrogen-bond acceptors (Lipinski definition) is 5. The first-order chi connectivity index (χ1) is 12.6. The van der Waals surface area contributed by atoms with Crippen molar-refractivity contribution < 1.29 is 14.3 Å². The van der Waals surface area contributed by atoms with E-state index in [1.54, 1.807) is 23.6 Å². The molecule has 0 saturated carbocycles. The number of nitrogens with one attached hydrogen (secondary N) is 2. The van der Waals surface area contributed by atoms with Crippen molar-refractivity contribution in [2.75, 3.05) is 25.6 Å². The van der Waals surface area contributed by atoms with Gasteiger partial charge >= 0.3 is 11.8 Å². The zero-order chi connectivity index (χ0) is 18.5. The highest BCUT2D eigenvalue weighted by molar-refractivity contribution is 7.98. The van der Waals surface area contributed by atoms with E-state index in [-0.39, 0.29) is 0 Å². The monoisotopic (exact) mass is 374 g/mol. The van der Waals surface area contributed by atoms with Gasteiger partial charge in [0.15, 0.2) is 0 Å². The van der Waals surface area contributed by atoms with Crippen LogP contribution in [-0.4, -0.2) is 41.9 Å². The molecule has 0 bridgehead atoms. The number of para-hydroxylation sites is 1. The predicted molar refractivity (Wildman–Crippen MR) is 101 cm³/mol. The van der Waals surface area contributed by atoms with Crippen molar-refractivity contribution in [3.05, 3.63) is 41.1 Å². The molecular formula is C18H22N4O3S. The normalized spacial score (nSPS) is 12.7. The zero-order valence-corrected chi connectivity index (χ0v) is 15.7. The molecule has 0 aliphatic carbocycles. The number of aromatic nitrogens is 2. The first-order valence-electron chi connectivity index (χ1n) is 8.44. The van der Waals surface area contributed by atoms with Gasteiger partial charge in [-0.05, 0) is 25.0 Å². The summed E-state index contributed by atoms with van der Waals surface area (Å²) in [5.74, 6) is 0.818. The average molecular weight is 374 g/mol. The van der Waals surface area contributed by atoms with Crippen LogP contribution in [0.5, 0.6) is 0 Å². The maximum absolute atomic E-state index is 12.3. The van der Waals surface area contributed by atoms with E-state index in [1.165, 1.54) is 0 Å². The fourth-order valence-electron chi connectivity index (χ4n) is 2.78. The minimum Gasteiger partial charge on any atom is -0.385 e. The summed E-state index contributed by atoms with van der Waals surface area (Å²) in [5, 5.41) is 10.0. The second kappa shape index (κ2) is 8.37. The van der Waals surface area contributed by atoms with Crippen molar-refractivity contribution in [3.8, 4) is 5.69 Å². The van der Waals surface area contributed by atoms with Gasteiger partial charge in [0, 0.05) is 37.3 Å². The van der Waals surface area contributed by atoms with Crippen molar-refractivity contribution in [1.82, 2.24) is 15.1 Å². The number of anilines is 1. The summed E-state index contributed by atoms with van der Waals surface area (Å²) in [5.41, 5.74) is 3.87. The van der Waals surface area contributed by atoms with Gasteiger partial charge in [-0.2, -0.15) is 16.9 Å². The number of benzene rings is 1. The highest BCUT2D eigenvalue weighted by Gasteiger charge is 2.26. The minimum absolute atomic E-state index is 0.394. The van der Waals surface area contributed by atoms with Gasteiger partial charge in [-0.15, -0.1) is 0 Å². The van der Waals surface area contributed by atoms with Gasteiger partial charge in [-0.25, -0.2) is 4.68 Å². The fraction of sp³-hybridized carbons (Fsp3) is 0.389. The fourth-order valence-corrected chi connectivity index (χ4v) is 3.81. The first kappa shape index (κ1) is 18.5. The van der Waals surface area contributed by atoms with Crippen LogP contribution in [0.3, 0.4) is 0 Å². The van der Waals surface area contributed by atoms with Crippen LogP contribution in [0.15, 0.2) is 24.3 Å². The summed E-state index contributed by atoms with van der Waals surface area (Å²) >= 11 is 1.75.